The minimum atomic E-state index is -0.600. The molecule has 1 aromatic carbocycles. The fourth-order valence-corrected chi connectivity index (χ4v) is 2.54. The maximum absolute atomic E-state index is 11.6. The van der Waals surface area contributed by atoms with Crippen LogP contribution in [0.2, 0.25) is 10.0 Å². The van der Waals surface area contributed by atoms with Crippen LogP contribution < -0.4 is 10.1 Å². The predicted molar refractivity (Wildman–Crippen MR) is 83.0 cm³/mol. The van der Waals surface area contributed by atoms with Gasteiger partial charge in [-0.2, -0.15) is 0 Å². The van der Waals surface area contributed by atoms with Crippen molar-refractivity contribution in [3.8, 4) is 5.75 Å². The van der Waals surface area contributed by atoms with Crippen LogP contribution in [0.15, 0.2) is 12.1 Å². The first-order chi connectivity index (χ1) is 9.76. The SMILES string of the molecule is CC(C)(C)NCc1cc(Cl)cc(Cl)c1OC1CCOC1=O. The Morgan fingerprint density at radius 3 is 2.67 bits per heavy atom. The molecule has 0 amide bonds. The number of hydrogen-bond acceptors (Lipinski definition) is 4. The molecule has 0 aliphatic carbocycles. The highest BCUT2D eigenvalue weighted by Gasteiger charge is 2.30. The molecule has 1 unspecified atom stereocenters. The normalized spacial score (nSPS) is 18.7. The molecule has 1 aliphatic rings. The number of rotatable bonds is 4. The number of hydrogen-bond donors (Lipinski definition) is 1. The van der Waals surface area contributed by atoms with Gasteiger partial charge in [0.25, 0.3) is 0 Å². The number of ether oxygens (including phenoxy) is 2. The van der Waals surface area contributed by atoms with Gasteiger partial charge in [-0.3, -0.25) is 0 Å². The van der Waals surface area contributed by atoms with Crippen LogP contribution in [-0.2, 0) is 16.1 Å². The van der Waals surface area contributed by atoms with Crippen LogP contribution in [0.3, 0.4) is 0 Å². The van der Waals surface area contributed by atoms with Crippen LogP contribution in [0.5, 0.6) is 5.75 Å². The molecule has 1 aliphatic heterocycles. The van der Waals surface area contributed by atoms with Gasteiger partial charge in [0, 0.05) is 29.1 Å². The van der Waals surface area contributed by atoms with Gasteiger partial charge in [0.05, 0.1) is 11.6 Å². The third kappa shape index (κ3) is 4.50. The molecule has 0 spiro atoms. The Bertz CT molecular complexity index is 540. The van der Waals surface area contributed by atoms with Crippen molar-refractivity contribution in [3.05, 3.63) is 27.7 Å². The molecule has 1 saturated heterocycles. The van der Waals surface area contributed by atoms with Crippen LogP contribution in [0.25, 0.3) is 0 Å². The van der Waals surface area contributed by atoms with E-state index in [1.54, 1.807) is 12.1 Å². The lowest BCUT2D eigenvalue weighted by molar-refractivity contribution is -0.143. The van der Waals surface area contributed by atoms with E-state index >= 15 is 0 Å². The predicted octanol–water partition coefficient (Wildman–Crippen LogP) is 3.58. The van der Waals surface area contributed by atoms with Gasteiger partial charge in [-0.25, -0.2) is 4.79 Å². The zero-order chi connectivity index (χ0) is 15.6. The number of halogens is 2. The minimum absolute atomic E-state index is 0.0572. The molecule has 6 heteroatoms. The quantitative estimate of drug-likeness (QED) is 0.856. The van der Waals surface area contributed by atoms with Crippen LogP contribution in [0.4, 0.5) is 0 Å². The number of benzene rings is 1. The molecule has 0 bridgehead atoms. The second-order valence-electron chi connectivity index (χ2n) is 6.04. The average molecular weight is 332 g/mol. The zero-order valence-electron chi connectivity index (χ0n) is 12.3. The summed E-state index contributed by atoms with van der Waals surface area (Å²) in [6.45, 7) is 7.11. The molecule has 1 N–H and O–H groups in total. The van der Waals surface area contributed by atoms with Crippen molar-refractivity contribution in [2.75, 3.05) is 6.61 Å². The first-order valence-electron chi connectivity index (χ1n) is 6.82. The Kier molecular flexibility index (Phi) is 5.02. The summed E-state index contributed by atoms with van der Waals surface area (Å²) in [5, 5.41) is 4.29. The number of cyclic esters (lactones) is 1. The van der Waals surface area contributed by atoms with Crippen molar-refractivity contribution < 1.29 is 14.3 Å². The molecule has 0 saturated carbocycles. The topological polar surface area (TPSA) is 47.6 Å². The average Bonchev–Trinajstić information content (AvgIpc) is 2.75. The fourth-order valence-electron chi connectivity index (χ4n) is 1.96. The summed E-state index contributed by atoms with van der Waals surface area (Å²) >= 11 is 12.3. The van der Waals surface area contributed by atoms with Crippen LogP contribution >= 0.6 is 23.2 Å². The molecule has 0 radical (unpaired) electrons. The number of carbonyl (C=O) groups excluding carboxylic acids is 1. The summed E-state index contributed by atoms with van der Waals surface area (Å²) in [4.78, 5) is 11.6. The first kappa shape index (κ1) is 16.4. The van der Waals surface area contributed by atoms with Crippen molar-refractivity contribution in [1.82, 2.24) is 5.32 Å². The highest BCUT2D eigenvalue weighted by molar-refractivity contribution is 6.35. The molecule has 1 aromatic rings. The monoisotopic (exact) mass is 331 g/mol. The van der Waals surface area contributed by atoms with Gasteiger partial charge in [0.2, 0.25) is 0 Å². The smallest absolute Gasteiger partial charge is 0.347 e. The Hall–Kier alpha value is -0.970. The van der Waals surface area contributed by atoms with Crippen LogP contribution in [-0.4, -0.2) is 24.2 Å². The highest BCUT2D eigenvalue weighted by atomic mass is 35.5. The van der Waals surface area contributed by atoms with Gasteiger partial charge in [0.1, 0.15) is 5.75 Å². The van der Waals surface area contributed by atoms with E-state index in [0.717, 1.165) is 5.56 Å². The van der Waals surface area contributed by atoms with E-state index in [1.165, 1.54) is 0 Å². The Morgan fingerprint density at radius 1 is 1.38 bits per heavy atom. The number of nitrogens with one attached hydrogen (secondary N) is 1. The summed E-state index contributed by atoms with van der Waals surface area (Å²) in [7, 11) is 0. The lowest BCUT2D eigenvalue weighted by atomic mass is 10.1. The van der Waals surface area contributed by atoms with E-state index in [4.69, 9.17) is 32.7 Å². The van der Waals surface area contributed by atoms with Crippen molar-refractivity contribution in [2.24, 2.45) is 0 Å². The maximum atomic E-state index is 11.6. The van der Waals surface area contributed by atoms with E-state index in [-0.39, 0.29) is 11.5 Å². The Labute approximate surface area is 134 Å². The zero-order valence-corrected chi connectivity index (χ0v) is 13.8. The van der Waals surface area contributed by atoms with Gasteiger partial charge in [0.15, 0.2) is 6.10 Å². The second kappa shape index (κ2) is 6.42. The number of esters is 1. The van der Waals surface area contributed by atoms with Crippen molar-refractivity contribution in [1.29, 1.82) is 0 Å². The minimum Gasteiger partial charge on any atom is -0.477 e. The van der Waals surface area contributed by atoms with Gasteiger partial charge in [-0.1, -0.05) is 23.2 Å². The summed E-state index contributed by atoms with van der Waals surface area (Å²) < 4.78 is 10.7. The van der Waals surface area contributed by atoms with Crippen molar-refractivity contribution in [3.63, 3.8) is 0 Å². The molecule has 21 heavy (non-hydrogen) atoms. The fraction of sp³-hybridized carbons (Fsp3) is 0.533. The standard InChI is InChI=1S/C15H19Cl2NO3/c1-15(2,3)18-8-9-6-10(16)7-11(17)13(9)21-12-4-5-20-14(12)19/h6-7,12,18H,4-5,8H2,1-3H3. The lowest BCUT2D eigenvalue weighted by Gasteiger charge is -2.23. The Balaban J connectivity index is 2.23. The summed E-state index contributed by atoms with van der Waals surface area (Å²) in [5.41, 5.74) is 0.764. The summed E-state index contributed by atoms with van der Waals surface area (Å²) in [6, 6.07) is 3.40. The molecule has 0 aromatic heterocycles. The van der Waals surface area contributed by atoms with Gasteiger partial charge < -0.3 is 14.8 Å². The summed E-state index contributed by atoms with van der Waals surface area (Å²) in [6.07, 6.45) is -0.0683. The van der Waals surface area contributed by atoms with E-state index in [1.807, 2.05) is 0 Å². The van der Waals surface area contributed by atoms with E-state index in [2.05, 4.69) is 26.1 Å². The molecular formula is C15H19Cl2NO3. The highest BCUT2D eigenvalue weighted by Crippen LogP contribution is 2.34. The first-order valence-corrected chi connectivity index (χ1v) is 7.58. The Morgan fingerprint density at radius 2 is 2.10 bits per heavy atom. The van der Waals surface area contributed by atoms with Gasteiger partial charge in [-0.05, 0) is 32.9 Å². The van der Waals surface area contributed by atoms with Crippen molar-refractivity contribution in [2.45, 2.75) is 45.4 Å². The van der Waals surface area contributed by atoms with Gasteiger partial charge >= 0.3 is 5.97 Å². The van der Waals surface area contributed by atoms with Gasteiger partial charge in [-0.15, -0.1) is 0 Å². The van der Waals surface area contributed by atoms with E-state index < -0.39 is 6.10 Å². The summed E-state index contributed by atoms with van der Waals surface area (Å²) in [5.74, 6) is 0.136. The maximum Gasteiger partial charge on any atom is 0.347 e. The van der Waals surface area contributed by atoms with Crippen LogP contribution in [0, 0.1) is 0 Å². The molecule has 1 heterocycles. The van der Waals surface area contributed by atoms with Crippen LogP contribution in [0.1, 0.15) is 32.8 Å². The molecular weight excluding hydrogens is 313 g/mol. The third-order valence-electron chi connectivity index (χ3n) is 3.04. The molecule has 2 rings (SSSR count). The lowest BCUT2D eigenvalue weighted by Crippen LogP contribution is -2.35. The molecule has 116 valence electrons. The van der Waals surface area contributed by atoms with E-state index in [0.29, 0.717) is 35.4 Å². The largest absolute Gasteiger partial charge is 0.477 e. The third-order valence-corrected chi connectivity index (χ3v) is 3.54. The number of carbonyl (C=O) groups is 1. The van der Waals surface area contributed by atoms with Crippen molar-refractivity contribution >= 4 is 29.2 Å². The second-order valence-corrected chi connectivity index (χ2v) is 6.89. The molecule has 1 fully saturated rings. The van der Waals surface area contributed by atoms with E-state index in [9.17, 15) is 4.79 Å². The molecule has 4 nitrogen and oxygen atoms in total. The molecule has 1 atom stereocenters.